The van der Waals surface area contributed by atoms with E-state index >= 15 is 0 Å². The summed E-state index contributed by atoms with van der Waals surface area (Å²) in [6, 6.07) is 0.359. The van der Waals surface area contributed by atoms with Gasteiger partial charge in [-0.15, -0.1) is 0 Å². The molecule has 98 valence electrons. The topological polar surface area (TPSA) is 99.5 Å². The van der Waals surface area contributed by atoms with Crippen molar-refractivity contribution in [1.82, 2.24) is 10.3 Å². The van der Waals surface area contributed by atoms with Crippen molar-refractivity contribution < 1.29 is 19.8 Å². The summed E-state index contributed by atoms with van der Waals surface area (Å²) in [4.78, 5) is 26.5. The molecule has 0 aliphatic carbocycles. The Labute approximate surface area is 109 Å². The summed E-state index contributed by atoms with van der Waals surface area (Å²) in [5, 5.41) is 20.0. The number of hydrogen-bond donors (Lipinski definition) is 3. The third-order valence-electron chi connectivity index (χ3n) is 2.26. The fraction of sp³-hybridized carbons (Fsp3) is 0.364. The smallest absolute Gasteiger partial charge is 0.326 e. The van der Waals surface area contributed by atoms with Crippen LogP contribution < -0.4 is 5.32 Å². The van der Waals surface area contributed by atoms with Crippen molar-refractivity contribution in [2.75, 3.05) is 6.61 Å². The van der Waals surface area contributed by atoms with Gasteiger partial charge in [0.05, 0.1) is 10.6 Å². The van der Waals surface area contributed by atoms with Crippen molar-refractivity contribution in [2.45, 2.75) is 19.4 Å². The number of carbonyl (C=O) groups excluding carboxylic acids is 1. The number of carboxylic acids is 1. The minimum absolute atomic E-state index is 0.0714. The van der Waals surface area contributed by atoms with Gasteiger partial charge in [-0.05, 0) is 13.0 Å². The van der Waals surface area contributed by atoms with E-state index in [2.05, 4.69) is 10.3 Å². The van der Waals surface area contributed by atoms with Gasteiger partial charge in [0.2, 0.25) is 0 Å². The normalized spacial score (nSPS) is 11.9. The third-order valence-corrected chi connectivity index (χ3v) is 2.57. The number of aromatic nitrogens is 1. The van der Waals surface area contributed by atoms with E-state index in [4.69, 9.17) is 21.8 Å². The quantitative estimate of drug-likeness (QED) is 0.729. The maximum atomic E-state index is 11.8. The SMILES string of the molecule is Cc1cc(Cl)c(C(=O)N[C@H](CCO)C(=O)O)cn1. The van der Waals surface area contributed by atoms with Gasteiger partial charge in [-0.2, -0.15) is 0 Å². The predicted molar refractivity (Wildman–Crippen MR) is 64.6 cm³/mol. The second-order valence-corrected chi connectivity index (χ2v) is 4.09. The Hall–Kier alpha value is -1.66. The zero-order valence-corrected chi connectivity index (χ0v) is 10.4. The molecule has 0 radical (unpaired) electrons. The summed E-state index contributed by atoms with van der Waals surface area (Å²) in [6.07, 6.45) is 1.21. The number of halogens is 1. The summed E-state index contributed by atoms with van der Waals surface area (Å²) < 4.78 is 0. The minimum atomic E-state index is -1.21. The third kappa shape index (κ3) is 3.68. The first-order valence-corrected chi connectivity index (χ1v) is 5.60. The molecule has 1 aromatic heterocycles. The molecule has 0 aromatic carbocycles. The number of nitrogens with zero attached hydrogens (tertiary/aromatic N) is 1. The second-order valence-electron chi connectivity index (χ2n) is 3.68. The lowest BCUT2D eigenvalue weighted by molar-refractivity contribution is -0.139. The number of nitrogens with one attached hydrogen (secondary N) is 1. The van der Waals surface area contributed by atoms with Crippen LogP contribution >= 0.6 is 11.6 Å². The van der Waals surface area contributed by atoms with Gasteiger partial charge in [-0.1, -0.05) is 11.6 Å². The van der Waals surface area contributed by atoms with E-state index in [1.54, 1.807) is 6.92 Å². The predicted octanol–water partition coefficient (Wildman–Crippen LogP) is 0.609. The standard InChI is InChI=1S/C11H13ClN2O4/c1-6-4-8(12)7(5-13-6)10(16)14-9(2-3-15)11(17)18/h4-5,9,15H,2-3H2,1H3,(H,14,16)(H,17,18)/t9-/m1/s1. The Morgan fingerprint density at radius 1 is 1.56 bits per heavy atom. The summed E-state index contributed by atoms with van der Waals surface area (Å²) in [7, 11) is 0. The van der Waals surface area contributed by atoms with Gasteiger partial charge in [0.25, 0.3) is 5.91 Å². The van der Waals surface area contributed by atoms with E-state index in [-0.39, 0.29) is 23.6 Å². The number of pyridine rings is 1. The Morgan fingerprint density at radius 3 is 2.72 bits per heavy atom. The summed E-state index contributed by atoms with van der Waals surface area (Å²) >= 11 is 5.87. The van der Waals surface area contributed by atoms with Gasteiger partial charge in [-0.25, -0.2) is 4.79 Å². The van der Waals surface area contributed by atoms with Crippen molar-refractivity contribution in [1.29, 1.82) is 0 Å². The first-order valence-electron chi connectivity index (χ1n) is 5.22. The molecule has 0 spiro atoms. The van der Waals surface area contributed by atoms with E-state index in [0.717, 1.165) is 0 Å². The molecular weight excluding hydrogens is 260 g/mol. The molecular formula is C11H13ClN2O4. The van der Waals surface area contributed by atoms with E-state index in [1.807, 2.05) is 0 Å². The van der Waals surface area contributed by atoms with Crippen LogP contribution in [0.4, 0.5) is 0 Å². The molecule has 1 atom stereocenters. The van der Waals surface area contributed by atoms with Gasteiger partial charge in [0.1, 0.15) is 6.04 Å². The molecule has 0 aliphatic heterocycles. The van der Waals surface area contributed by atoms with Crippen LogP contribution in [0.2, 0.25) is 5.02 Å². The Balaban J connectivity index is 2.83. The van der Waals surface area contributed by atoms with Gasteiger partial charge >= 0.3 is 5.97 Å². The largest absolute Gasteiger partial charge is 0.480 e. The van der Waals surface area contributed by atoms with E-state index in [9.17, 15) is 9.59 Å². The van der Waals surface area contributed by atoms with Crippen LogP contribution in [0.15, 0.2) is 12.3 Å². The first-order chi connectivity index (χ1) is 8.45. The zero-order chi connectivity index (χ0) is 13.7. The maximum absolute atomic E-state index is 11.8. The molecule has 7 heteroatoms. The van der Waals surface area contributed by atoms with E-state index < -0.39 is 17.9 Å². The van der Waals surface area contributed by atoms with Crippen LogP contribution in [-0.4, -0.2) is 39.7 Å². The lowest BCUT2D eigenvalue weighted by atomic mass is 10.2. The van der Waals surface area contributed by atoms with Gasteiger partial charge in [0, 0.05) is 24.9 Å². The maximum Gasteiger partial charge on any atom is 0.326 e. The molecule has 1 amide bonds. The fourth-order valence-corrected chi connectivity index (χ4v) is 1.61. The van der Waals surface area contributed by atoms with Gasteiger partial charge in [0.15, 0.2) is 0 Å². The molecule has 1 rings (SSSR count). The van der Waals surface area contributed by atoms with Gasteiger partial charge in [-0.3, -0.25) is 9.78 Å². The Morgan fingerprint density at radius 2 is 2.22 bits per heavy atom. The molecule has 1 heterocycles. The number of aliphatic hydroxyl groups is 1. The first kappa shape index (κ1) is 14.4. The number of hydrogen-bond acceptors (Lipinski definition) is 4. The molecule has 3 N–H and O–H groups in total. The minimum Gasteiger partial charge on any atom is -0.480 e. The van der Waals surface area contributed by atoms with Crippen LogP contribution in [0, 0.1) is 6.92 Å². The van der Waals surface area contributed by atoms with Crippen LogP contribution in [0.3, 0.4) is 0 Å². The molecule has 0 saturated heterocycles. The number of aliphatic carboxylic acids is 1. The average Bonchev–Trinajstić information content (AvgIpc) is 2.27. The second kappa shape index (κ2) is 6.32. The zero-order valence-electron chi connectivity index (χ0n) is 9.68. The monoisotopic (exact) mass is 272 g/mol. The van der Waals surface area contributed by atoms with Crippen LogP contribution in [-0.2, 0) is 4.79 Å². The van der Waals surface area contributed by atoms with Crippen molar-refractivity contribution in [3.8, 4) is 0 Å². The summed E-state index contributed by atoms with van der Waals surface area (Å²) in [5.74, 6) is -1.85. The molecule has 1 aromatic rings. The molecule has 6 nitrogen and oxygen atoms in total. The summed E-state index contributed by atoms with van der Waals surface area (Å²) in [5.41, 5.74) is 0.758. The highest BCUT2D eigenvalue weighted by Crippen LogP contribution is 2.15. The molecule has 0 saturated carbocycles. The lowest BCUT2D eigenvalue weighted by Crippen LogP contribution is -2.41. The van der Waals surface area contributed by atoms with Crippen molar-refractivity contribution in [3.05, 3.63) is 28.5 Å². The van der Waals surface area contributed by atoms with Crippen molar-refractivity contribution in [3.63, 3.8) is 0 Å². The number of rotatable bonds is 5. The summed E-state index contributed by atoms with van der Waals surface area (Å²) in [6.45, 7) is 1.39. The van der Waals surface area contributed by atoms with Crippen LogP contribution in [0.25, 0.3) is 0 Å². The highest BCUT2D eigenvalue weighted by Gasteiger charge is 2.21. The van der Waals surface area contributed by atoms with Crippen molar-refractivity contribution in [2.24, 2.45) is 0 Å². The number of amides is 1. The molecule has 18 heavy (non-hydrogen) atoms. The molecule has 0 fully saturated rings. The number of aliphatic hydroxyl groups excluding tert-OH is 1. The van der Waals surface area contributed by atoms with Crippen molar-refractivity contribution >= 4 is 23.5 Å². The Kier molecular flexibility index (Phi) is 5.06. The molecule has 0 aliphatic rings. The molecule has 0 unspecified atom stereocenters. The van der Waals surface area contributed by atoms with Crippen LogP contribution in [0.5, 0.6) is 0 Å². The Bertz CT molecular complexity index is 464. The number of aryl methyl sites for hydroxylation is 1. The average molecular weight is 273 g/mol. The number of carbonyl (C=O) groups is 2. The lowest BCUT2D eigenvalue weighted by Gasteiger charge is -2.13. The highest BCUT2D eigenvalue weighted by molar-refractivity contribution is 6.33. The van der Waals surface area contributed by atoms with E-state index in [0.29, 0.717) is 5.69 Å². The fourth-order valence-electron chi connectivity index (χ4n) is 1.32. The van der Waals surface area contributed by atoms with Gasteiger partial charge < -0.3 is 15.5 Å². The van der Waals surface area contributed by atoms with E-state index in [1.165, 1.54) is 12.3 Å². The highest BCUT2D eigenvalue weighted by atomic mass is 35.5. The molecule has 0 bridgehead atoms. The van der Waals surface area contributed by atoms with Crippen LogP contribution in [0.1, 0.15) is 22.5 Å². The number of carboxylic acid groups (broad SMARTS) is 1.